The van der Waals surface area contributed by atoms with Gasteiger partial charge in [0, 0.05) is 12.1 Å². The number of hydrogen-bond acceptors (Lipinski definition) is 5. The number of ether oxygens (including phenoxy) is 2. The number of anilines is 1. The lowest BCUT2D eigenvalue weighted by molar-refractivity contribution is 0.171. The number of hydrogen-bond donors (Lipinski definition) is 3. The fraction of sp³-hybridized carbons (Fsp3) is 0.300. The predicted molar refractivity (Wildman–Crippen MR) is 74.1 cm³/mol. The summed E-state index contributed by atoms with van der Waals surface area (Å²) in [7, 11) is -2.36. The van der Waals surface area contributed by atoms with Crippen LogP contribution in [-0.2, 0) is 10.0 Å². The van der Waals surface area contributed by atoms with Gasteiger partial charge < -0.3 is 20.5 Å². The second-order valence-electron chi connectivity index (χ2n) is 3.69. The molecule has 0 unspecified atom stereocenters. The normalized spacial score (nSPS) is 13.9. The molecule has 0 radical (unpaired) electrons. The molecule has 1 aliphatic heterocycles. The summed E-state index contributed by atoms with van der Waals surface area (Å²) in [6, 6.07) is 2.87. The number of rotatable bonds is 3. The van der Waals surface area contributed by atoms with Crippen molar-refractivity contribution in [2.45, 2.75) is 4.90 Å². The number of fused-ring (bicyclic) bond motifs is 1. The summed E-state index contributed by atoms with van der Waals surface area (Å²) in [6.07, 6.45) is 0. The third-order valence-corrected chi connectivity index (χ3v) is 4.02. The summed E-state index contributed by atoms with van der Waals surface area (Å²) >= 11 is 4.73. The molecule has 0 fully saturated rings. The van der Waals surface area contributed by atoms with E-state index in [1.165, 1.54) is 19.2 Å². The van der Waals surface area contributed by atoms with Gasteiger partial charge in [-0.25, -0.2) is 13.1 Å². The van der Waals surface area contributed by atoms with Crippen molar-refractivity contribution in [2.24, 2.45) is 5.73 Å². The van der Waals surface area contributed by atoms with Gasteiger partial charge >= 0.3 is 0 Å². The molecule has 7 nitrogen and oxygen atoms in total. The summed E-state index contributed by atoms with van der Waals surface area (Å²) in [5, 5.41) is 2.58. The lowest BCUT2D eigenvalue weighted by Gasteiger charge is -2.21. The Morgan fingerprint density at radius 3 is 2.42 bits per heavy atom. The zero-order valence-corrected chi connectivity index (χ0v) is 11.7. The molecule has 2 rings (SSSR count). The average Bonchev–Trinajstić information content (AvgIpc) is 2.37. The van der Waals surface area contributed by atoms with Crippen molar-refractivity contribution < 1.29 is 17.9 Å². The number of sulfonamides is 1. The van der Waals surface area contributed by atoms with E-state index in [0.717, 1.165) is 0 Å². The number of thiocarbonyl (C=S) groups is 1. The minimum atomic E-state index is -3.67. The summed E-state index contributed by atoms with van der Waals surface area (Å²) in [6.45, 7) is 0.770. The molecule has 0 bridgehead atoms. The van der Waals surface area contributed by atoms with E-state index in [0.29, 0.717) is 24.7 Å². The second-order valence-corrected chi connectivity index (χ2v) is 5.98. The largest absolute Gasteiger partial charge is 0.486 e. The van der Waals surface area contributed by atoms with Crippen molar-refractivity contribution in [1.29, 1.82) is 0 Å². The molecule has 0 spiro atoms. The van der Waals surface area contributed by atoms with Gasteiger partial charge in [0.1, 0.15) is 18.1 Å². The van der Waals surface area contributed by atoms with Crippen molar-refractivity contribution in [3.63, 3.8) is 0 Å². The van der Waals surface area contributed by atoms with Gasteiger partial charge in [-0.1, -0.05) is 0 Å². The summed E-state index contributed by atoms with van der Waals surface area (Å²) in [5.74, 6) is 0.814. The molecule has 0 aliphatic carbocycles. The van der Waals surface area contributed by atoms with E-state index < -0.39 is 10.0 Å². The van der Waals surface area contributed by atoms with Crippen LogP contribution in [-0.4, -0.2) is 33.8 Å². The van der Waals surface area contributed by atoms with Crippen LogP contribution in [0.15, 0.2) is 17.0 Å². The molecule has 1 aliphatic rings. The minimum Gasteiger partial charge on any atom is -0.486 e. The van der Waals surface area contributed by atoms with Crippen LogP contribution in [0.25, 0.3) is 0 Å². The molecular formula is C10H13N3O4S2. The van der Waals surface area contributed by atoms with Gasteiger partial charge in [0.15, 0.2) is 16.6 Å². The molecule has 9 heteroatoms. The fourth-order valence-electron chi connectivity index (χ4n) is 1.63. The molecule has 0 saturated carbocycles. The number of nitrogens with two attached hydrogens (primary N) is 1. The monoisotopic (exact) mass is 303 g/mol. The maximum absolute atomic E-state index is 12.0. The SMILES string of the molecule is CNS(=O)(=O)c1cc2c(cc1NC(N)=S)OCCO2. The van der Waals surface area contributed by atoms with Crippen molar-refractivity contribution in [3.8, 4) is 11.5 Å². The van der Waals surface area contributed by atoms with Gasteiger partial charge in [0.05, 0.1) is 5.69 Å². The smallest absolute Gasteiger partial charge is 0.242 e. The maximum atomic E-state index is 12.0. The van der Waals surface area contributed by atoms with Gasteiger partial charge in [-0.2, -0.15) is 0 Å². The van der Waals surface area contributed by atoms with Crippen LogP contribution < -0.4 is 25.2 Å². The average molecular weight is 303 g/mol. The molecule has 4 N–H and O–H groups in total. The summed E-state index contributed by atoms with van der Waals surface area (Å²) < 4.78 is 36.9. The Hall–Kier alpha value is -1.58. The highest BCUT2D eigenvalue weighted by atomic mass is 32.2. The highest BCUT2D eigenvalue weighted by Gasteiger charge is 2.23. The molecule has 19 heavy (non-hydrogen) atoms. The predicted octanol–water partition coefficient (Wildman–Crippen LogP) is 0.0214. The molecule has 1 heterocycles. The Bertz CT molecular complexity index is 615. The number of benzene rings is 1. The van der Waals surface area contributed by atoms with Crippen molar-refractivity contribution in [3.05, 3.63) is 12.1 Å². The Balaban J connectivity index is 2.58. The van der Waals surface area contributed by atoms with Gasteiger partial charge in [-0.05, 0) is 19.3 Å². The zero-order valence-electron chi connectivity index (χ0n) is 10.1. The zero-order chi connectivity index (χ0) is 14.0. The molecule has 1 aromatic rings. The number of nitrogens with one attached hydrogen (secondary N) is 2. The minimum absolute atomic E-state index is 0.00736. The molecule has 0 aromatic heterocycles. The van der Waals surface area contributed by atoms with Gasteiger partial charge in [-0.3, -0.25) is 0 Å². The first kappa shape index (κ1) is 13.8. The molecule has 0 amide bonds. The molecule has 104 valence electrons. The second kappa shape index (κ2) is 5.19. The van der Waals surface area contributed by atoms with Crippen molar-refractivity contribution in [1.82, 2.24) is 4.72 Å². The van der Waals surface area contributed by atoms with E-state index in [2.05, 4.69) is 10.0 Å². The summed E-state index contributed by atoms with van der Waals surface area (Å²) in [5.41, 5.74) is 5.63. The van der Waals surface area contributed by atoms with E-state index >= 15 is 0 Å². The van der Waals surface area contributed by atoms with Crippen LogP contribution in [0.4, 0.5) is 5.69 Å². The fourth-order valence-corrected chi connectivity index (χ4v) is 2.62. The lowest BCUT2D eigenvalue weighted by Crippen LogP contribution is -2.25. The molecule has 0 atom stereocenters. The van der Waals surface area contributed by atoms with Gasteiger partial charge in [0.2, 0.25) is 10.0 Å². The van der Waals surface area contributed by atoms with Crippen LogP contribution in [0.5, 0.6) is 11.5 Å². The lowest BCUT2D eigenvalue weighted by atomic mass is 10.2. The van der Waals surface area contributed by atoms with Gasteiger partial charge in [0.25, 0.3) is 0 Å². The first-order valence-corrected chi connectivity index (χ1v) is 7.27. The highest BCUT2D eigenvalue weighted by Crippen LogP contribution is 2.37. The van der Waals surface area contributed by atoms with E-state index in [1.807, 2.05) is 0 Å². The first-order chi connectivity index (χ1) is 8.94. The third-order valence-electron chi connectivity index (χ3n) is 2.46. The Morgan fingerprint density at radius 1 is 1.32 bits per heavy atom. The maximum Gasteiger partial charge on any atom is 0.242 e. The summed E-state index contributed by atoms with van der Waals surface area (Å²) in [4.78, 5) is -0.00736. The first-order valence-electron chi connectivity index (χ1n) is 5.37. The Morgan fingerprint density at radius 2 is 1.89 bits per heavy atom. The van der Waals surface area contributed by atoms with Gasteiger partial charge in [-0.15, -0.1) is 0 Å². The third kappa shape index (κ3) is 2.88. The van der Waals surface area contributed by atoms with E-state index in [1.54, 1.807) is 0 Å². The standard InChI is InChI=1S/C10H13N3O4S2/c1-12-19(14,15)9-5-8-7(16-2-3-17-8)4-6(9)13-10(11)18/h4-5,12H,2-3H2,1H3,(H3,11,13,18). The topological polar surface area (TPSA) is 103 Å². The Labute approximate surface area is 116 Å². The van der Waals surface area contributed by atoms with Crippen molar-refractivity contribution >= 4 is 33.0 Å². The van der Waals surface area contributed by atoms with Crippen LogP contribution in [0.2, 0.25) is 0 Å². The van der Waals surface area contributed by atoms with Crippen LogP contribution >= 0.6 is 12.2 Å². The van der Waals surface area contributed by atoms with E-state index in [9.17, 15) is 8.42 Å². The van der Waals surface area contributed by atoms with E-state index in [-0.39, 0.29) is 15.7 Å². The molecule has 1 aromatic carbocycles. The molecular weight excluding hydrogens is 290 g/mol. The van der Waals surface area contributed by atoms with Crippen molar-refractivity contribution in [2.75, 3.05) is 25.6 Å². The van der Waals surface area contributed by atoms with E-state index in [4.69, 9.17) is 27.4 Å². The highest BCUT2D eigenvalue weighted by molar-refractivity contribution is 7.89. The molecule has 0 saturated heterocycles. The quantitative estimate of drug-likeness (QED) is 0.676. The van der Waals surface area contributed by atoms with Crippen LogP contribution in [0.1, 0.15) is 0 Å². The Kier molecular flexibility index (Phi) is 3.78. The van der Waals surface area contributed by atoms with Crippen LogP contribution in [0, 0.1) is 0 Å². The van der Waals surface area contributed by atoms with Crippen LogP contribution in [0.3, 0.4) is 0 Å².